The van der Waals surface area contributed by atoms with Crippen LogP contribution in [0.1, 0.15) is 18.7 Å². The number of fused-ring (bicyclic) bond motifs is 1. The van der Waals surface area contributed by atoms with Crippen LogP contribution in [0.5, 0.6) is 0 Å². The average Bonchev–Trinajstić information content (AvgIpc) is 2.59. The van der Waals surface area contributed by atoms with Gasteiger partial charge in [0.15, 0.2) is 0 Å². The molecule has 1 unspecified atom stereocenters. The molecule has 65 valence electrons. The zero-order valence-corrected chi connectivity index (χ0v) is 7.24. The van der Waals surface area contributed by atoms with Crippen LogP contribution >= 0.6 is 0 Å². The molecule has 1 aromatic carbocycles. The molecule has 2 rings (SSSR count). The second-order valence-electron chi connectivity index (χ2n) is 2.98. The summed E-state index contributed by atoms with van der Waals surface area (Å²) >= 11 is 0. The second kappa shape index (κ2) is 3.01. The van der Waals surface area contributed by atoms with Crippen molar-refractivity contribution >= 4 is 17.3 Å². The van der Waals surface area contributed by atoms with Crippen molar-refractivity contribution in [2.24, 2.45) is 0 Å². The van der Waals surface area contributed by atoms with Crippen LogP contribution in [0, 0.1) is 0 Å². The maximum Gasteiger partial charge on any atom is 0.209 e. The lowest BCUT2D eigenvalue weighted by molar-refractivity contribution is 0.544. The van der Waals surface area contributed by atoms with Gasteiger partial charge in [0.1, 0.15) is 5.82 Å². The van der Waals surface area contributed by atoms with Crippen LogP contribution in [0.4, 0.5) is 0 Å². The van der Waals surface area contributed by atoms with Gasteiger partial charge < -0.3 is 4.98 Å². The van der Waals surface area contributed by atoms with E-state index < -0.39 is 0 Å². The molecule has 0 aliphatic carbocycles. The molecule has 3 heteroatoms. The van der Waals surface area contributed by atoms with Gasteiger partial charge in [-0.05, 0) is 19.1 Å². The Hall–Kier alpha value is -1.64. The molecule has 1 atom stereocenters. The molecule has 1 aromatic heterocycles. The third-order valence-electron chi connectivity index (χ3n) is 1.99. The minimum atomic E-state index is -0.285. The highest BCUT2D eigenvalue weighted by molar-refractivity contribution is 5.76. The summed E-state index contributed by atoms with van der Waals surface area (Å²) in [5, 5.41) is 0. The number of para-hydroxylation sites is 2. The molecular formula is C10H9N2O. The topological polar surface area (TPSA) is 45.8 Å². The van der Waals surface area contributed by atoms with Gasteiger partial charge >= 0.3 is 0 Å². The van der Waals surface area contributed by atoms with Gasteiger partial charge in [0.05, 0.1) is 17.0 Å². The zero-order valence-electron chi connectivity index (χ0n) is 7.24. The van der Waals surface area contributed by atoms with Crippen molar-refractivity contribution in [2.75, 3.05) is 0 Å². The largest absolute Gasteiger partial charge is 0.341 e. The summed E-state index contributed by atoms with van der Waals surface area (Å²) in [6.45, 7) is 1.77. The van der Waals surface area contributed by atoms with Gasteiger partial charge in [-0.1, -0.05) is 12.1 Å². The highest BCUT2D eigenvalue weighted by atomic mass is 16.1. The van der Waals surface area contributed by atoms with E-state index in [1.165, 1.54) is 0 Å². The van der Waals surface area contributed by atoms with Crippen LogP contribution in [-0.4, -0.2) is 16.3 Å². The first-order valence-electron chi connectivity index (χ1n) is 4.13. The van der Waals surface area contributed by atoms with E-state index in [4.69, 9.17) is 0 Å². The fourth-order valence-corrected chi connectivity index (χ4v) is 1.23. The SMILES string of the molecule is CC([C]=O)c1nc2ccccc2[nH]1. The zero-order chi connectivity index (χ0) is 9.26. The number of aromatic amines is 1. The van der Waals surface area contributed by atoms with Crippen molar-refractivity contribution < 1.29 is 4.79 Å². The first-order chi connectivity index (χ1) is 6.31. The summed E-state index contributed by atoms with van der Waals surface area (Å²) in [5.41, 5.74) is 1.85. The number of H-pyrrole nitrogens is 1. The molecule has 0 spiro atoms. The molecule has 2 aromatic rings. The maximum atomic E-state index is 10.4. The Bertz CT molecular complexity index is 400. The van der Waals surface area contributed by atoms with Crippen molar-refractivity contribution in [2.45, 2.75) is 12.8 Å². The number of hydrogen-bond acceptors (Lipinski definition) is 2. The standard InChI is InChI=1S/C10H9N2O/c1-7(6-13)10-11-8-4-2-3-5-9(8)12-10/h2-5,7H,1H3,(H,11,12). The quantitative estimate of drug-likeness (QED) is 0.752. The molecule has 0 aliphatic heterocycles. The number of nitrogens with one attached hydrogen (secondary N) is 1. The number of benzene rings is 1. The van der Waals surface area contributed by atoms with E-state index >= 15 is 0 Å². The molecule has 0 aliphatic rings. The number of hydrogen-bond donors (Lipinski definition) is 1. The molecule has 0 saturated heterocycles. The number of carbonyl (C=O) groups excluding carboxylic acids is 1. The lowest BCUT2D eigenvalue weighted by Gasteiger charge is -1.93. The maximum absolute atomic E-state index is 10.4. The van der Waals surface area contributed by atoms with E-state index in [0.29, 0.717) is 5.82 Å². The molecule has 0 amide bonds. The van der Waals surface area contributed by atoms with E-state index in [-0.39, 0.29) is 5.92 Å². The fraction of sp³-hybridized carbons (Fsp3) is 0.200. The summed E-state index contributed by atoms with van der Waals surface area (Å²) in [6, 6.07) is 7.69. The number of rotatable bonds is 2. The first kappa shape index (κ1) is 7.98. The van der Waals surface area contributed by atoms with Gasteiger partial charge in [0.2, 0.25) is 6.29 Å². The molecular weight excluding hydrogens is 164 g/mol. The van der Waals surface area contributed by atoms with Crippen LogP contribution in [0.25, 0.3) is 11.0 Å². The van der Waals surface area contributed by atoms with Gasteiger partial charge in [0.25, 0.3) is 0 Å². The van der Waals surface area contributed by atoms with Crippen LogP contribution in [0.3, 0.4) is 0 Å². The number of nitrogens with zero attached hydrogens (tertiary/aromatic N) is 1. The van der Waals surface area contributed by atoms with E-state index in [2.05, 4.69) is 9.97 Å². The predicted octanol–water partition coefficient (Wildman–Crippen LogP) is 1.78. The molecule has 13 heavy (non-hydrogen) atoms. The highest BCUT2D eigenvalue weighted by Gasteiger charge is 2.09. The Balaban J connectivity index is 2.55. The van der Waals surface area contributed by atoms with Gasteiger partial charge in [-0.2, -0.15) is 0 Å². The smallest absolute Gasteiger partial charge is 0.209 e. The molecule has 1 radical (unpaired) electrons. The van der Waals surface area contributed by atoms with Crippen LogP contribution in [0.15, 0.2) is 24.3 Å². The van der Waals surface area contributed by atoms with Crippen LogP contribution in [0.2, 0.25) is 0 Å². The van der Waals surface area contributed by atoms with E-state index in [9.17, 15) is 4.79 Å². The van der Waals surface area contributed by atoms with Crippen molar-refractivity contribution in [1.29, 1.82) is 0 Å². The predicted molar refractivity (Wildman–Crippen MR) is 50.2 cm³/mol. The minimum absolute atomic E-state index is 0.285. The third kappa shape index (κ3) is 1.33. The van der Waals surface area contributed by atoms with Crippen LogP contribution in [-0.2, 0) is 4.79 Å². The lowest BCUT2D eigenvalue weighted by atomic mass is 10.2. The summed E-state index contributed by atoms with van der Waals surface area (Å²) in [5.74, 6) is 0.392. The monoisotopic (exact) mass is 173 g/mol. The second-order valence-corrected chi connectivity index (χ2v) is 2.98. The summed E-state index contributed by atoms with van der Waals surface area (Å²) < 4.78 is 0. The molecule has 3 nitrogen and oxygen atoms in total. The van der Waals surface area contributed by atoms with Crippen molar-refractivity contribution in [3.8, 4) is 0 Å². The van der Waals surface area contributed by atoms with E-state index in [1.807, 2.05) is 30.6 Å². The van der Waals surface area contributed by atoms with E-state index in [1.54, 1.807) is 6.92 Å². The first-order valence-corrected chi connectivity index (χ1v) is 4.13. The Morgan fingerprint density at radius 3 is 2.92 bits per heavy atom. The number of aromatic nitrogens is 2. The van der Waals surface area contributed by atoms with Crippen molar-refractivity contribution in [3.63, 3.8) is 0 Å². The van der Waals surface area contributed by atoms with Crippen molar-refractivity contribution in [3.05, 3.63) is 30.1 Å². The van der Waals surface area contributed by atoms with Crippen molar-refractivity contribution in [1.82, 2.24) is 9.97 Å². The fourth-order valence-electron chi connectivity index (χ4n) is 1.23. The Morgan fingerprint density at radius 1 is 1.46 bits per heavy atom. The summed E-state index contributed by atoms with van der Waals surface area (Å²) in [4.78, 5) is 17.7. The Morgan fingerprint density at radius 2 is 2.23 bits per heavy atom. The normalized spacial score (nSPS) is 13.0. The summed E-state index contributed by atoms with van der Waals surface area (Å²) in [6.07, 6.45) is 1.90. The van der Waals surface area contributed by atoms with Gasteiger partial charge in [0, 0.05) is 0 Å². The van der Waals surface area contributed by atoms with Gasteiger partial charge in [-0.15, -0.1) is 0 Å². The minimum Gasteiger partial charge on any atom is -0.341 e. The van der Waals surface area contributed by atoms with Gasteiger partial charge in [-0.3, -0.25) is 4.79 Å². The van der Waals surface area contributed by atoms with E-state index in [0.717, 1.165) is 11.0 Å². The Kier molecular flexibility index (Phi) is 1.85. The third-order valence-corrected chi connectivity index (χ3v) is 1.99. The number of imidazole rings is 1. The Labute approximate surface area is 75.8 Å². The summed E-state index contributed by atoms with van der Waals surface area (Å²) in [7, 11) is 0. The van der Waals surface area contributed by atoms with Gasteiger partial charge in [-0.25, -0.2) is 4.98 Å². The molecule has 0 bridgehead atoms. The highest BCUT2D eigenvalue weighted by Crippen LogP contribution is 2.15. The molecule has 0 fully saturated rings. The lowest BCUT2D eigenvalue weighted by Crippen LogP contribution is -1.95. The average molecular weight is 173 g/mol. The molecule has 1 N–H and O–H groups in total. The molecule has 0 saturated carbocycles. The molecule has 1 heterocycles. The van der Waals surface area contributed by atoms with Crippen LogP contribution < -0.4 is 0 Å².